The molecule has 318 valence electrons. The van der Waals surface area contributed by atoms with Gasteiger partial charge in [-0.2, -0.15) is 13.2 Å². The normalized spacial score (nSPS) is 14.8. The van der Waals surface area contributed by atoms with Crippen LogP contribution in [0.1, 0.15) is 68.1 Å². The molecular weight excluding hydrogens is 841 g/mol. The summed E-state index contributed by atoms with van der Waals surface area (Å²) in [7, 11) is 0. The molecule has 3 aromatic carbocycles. The summed E-state index contributed by atoms with van der Waals surface area (Å²) in [4.78, 5) is 93.4. The number of anilines is 3. The van der Waals surface area contributed by atoms with Crippen LogP contribution in [0.4, 0.5) is 35.0 Å². The molecule has 22 heteroatoms. The van der Waals surface area contributed by atoms with E-state index in [4.69, 9.17) is 16.3 Å². The van der Waals surface area contributed by atoms with Gasteiger partial charge in [0.2, 0.25) is 17.7 Å². The smallest absolute Gasteiger partial charge is 0.417 e. The van der Waals surface area contributed by atoms with Gasteiger partial charge >= 0.3 is 12.2 Å². The number of hydrogen-bond donors (Lipinski definition) is 5. The van der Waals surface area contributed by atoms with Crippen LogP contribution in [0.2, 0.25) is 5.02 Å². The Labute approximate surface area is 353 Å². The number of benzene rings is 3. The summed E-state index contributed by atoms with van der Waals surface area (Å²) >= 11 is 5.63. The average Bonchev–Trinajstić information content (AvgIpc) is 3.79. The third kappa shape index (κ3) is 9.84. The van der Waals surface area contributed by atoms with Crippen LogP contribution in [0.15, 0.2) is 85.2 Å². The van der Waals surface area contributed by atoms with Crippen molar-refractivity contribution in [3.05, 3.63) is 118 Å². The van der Waals surface area contributed by atoms with Gasteiger partial charge in [-0.1, -0.05) is 22.9 Å². The number of carbonyl (C=O) groups is 7. The zero-order chi connectivity index (χ0) is 44.1. The van der Waals surface area contributed by atoms with E-state index in [-0.39, 0.29) is 66.3 Å². The monoisotopic (exact) mass is 872 g/mol. The SMILES string of the molecule is O=C1CCC(N2C(=O)c3cccc(NC(=O)CCCn4cc(CNC(=O)c5cc(Oc6ccc(NC(=O)Nc7ccc(Cl)c(C(F)(F)F)c7)cc6)ccn5)nn4)c3C2=O)C(=O)N1. The Morgan fingerprint density at radius 1 is 0.903 bits per heavy atom. The molecule has 1 saturated heterocycles. The van der Waals surface area contributed by atoms with Crippen LogP contribution in [0.25, 0.3) is 0 Å². The number of halogens is 4. The van der Waals surface area contributed by atoms with Gasteiger partial charge in [-0.25, -0.2) is 4.79 Å². The minimum atomic E-state index is -4.70. The highest BCUT2D eigenvalue weighted by Crippen LogP contribution is 2.36. The first-order valence-electron chi connectivity index (χ1n) is 18.6. The summed E-state index contributed by atoms with van der Waals surface area (Å²) in [5.41, 5.74) is -0.319. The van der Waals surface area contributed by atoms with E-state index in [0.717, 1.165) is 17.0 Å². The van der Waals surface area contributed by atoms with E-state index in [1.54, 1.807) is 6.20 Å². The maximum atomic E-state index is 13.3. The van der Waals surface area contributed by atoms with E-state index in [2.05, 4.69) is 41.9 Å². The Morgan fingerprint density at radius 2 is 1.66 bits per heavy atom. The fourth-order valence-corrected chi connectivity index (χ4v) is 6.70. The molecule has 0 aliphatic carbocycles. The molecule has 0 radical (unpaired) electrons. The molecule has 0 bridgehead atoms. The quantitative estimate of drug-likeness (QED) is 0.0923. The number of urea groups is 1. The van der Waals surface area contributed by atoms with Gasteiger partial charge in [-0.3, -0.25) is 48.6 Å². The van der Waals surface area contributed by atoms with Crippen LogP contribution in [-0.4, -0.2) is 72.4 Å². The minimum absolute atomic E-state index is 0.0000531. The number of fused-ring (bicyclic) bond motifs is 1. The second kappa shape index (κ2) is 17.9. The molecule has 0 spiro atoms. The van der Waals surface area contributed by atoms with Crippen LogP contribution in [0.5, 0.6) is 11.5 Å². The molecule has 1 atom stereocenters. The van der Waals surface area contributed by atoms with E-state index in [0.29, 0.717) is 23.6 Å². The van der Waals surface area contributed by atoms with E-state index in [1.165, 1.54) is 71.5 Å². The summed E-state index contributed by atoms with van der Waals surface area (Å²) < 4.78 is 46.8. The fourth-order valence-electron chi connectivity index (χ4n) is 6.48. The van der Waals surface area contributed by atoms with Gasteiger partial charge in [0, 0.05) is 43.0 Å². The van der Waals surface area contributed by atoms with Crippen molar-refractivity contribution in [2.75, 3.05) is 16.0 Å². The standard InChI is InChI=1S/C40H32ClF3N10O8/c41-28-11-8-22(17-27(28)40(42,43)44)48-39(61)47-21-6-9-24(10-7-21)62-25-14-15-45-30(18-25)35(57)46-19-23-20-53(52-51-23)16-2-5-32(55)49-29-4-1-3-26-34(29)38(60)54(37(26)59)31-12-13-33(56)50-36(31)58/h1,3-4,6-11,14-15,17-18,20,31H,2,5,12-13,16,19H2,(H,46,57)(H,49,55)(H2,47,48,61)(H,50,56,58). The van der Waals surface area contributed by atoms with Crippen LogP contribution in [-0.2, 0) is 33.6 Å². The highest BCUT2D eigenvalue weighted by atomic mass is 35.5. The van der Waals surface area contributed by atoms with Crippen molar-refractivity contribution in [1.29, 1.82) is 0 Å². The number of alkyl halides is 3. The number of aromatic nitrogens is 4. The number of nitrogens with one attached hydrogen (secondary N) is 5. The molecule has 5 aromatic rings. The Hall–Kier alpha value is -7.68. The van der Waals surface area contributed by atoms with Crippen molar-refractivity contribution in [3.63, 3.8) is 0 Å². The number of nitrogens with zero attached hydrogens (tertiary/aromatic N) is 5. The van der Waals surface area contributed by atoms with Crippen molar-refractivity contribution in [2.45, 2.75) is 51.0 Å². The summed E-state index contributed by atoms with van der Waals surface area (Å²) in [6.07, 6.45) is -1.43. The summed E-state index contributed by atoms with van der Waals surface area (Å²) in [5.74, 6) is -3.03. The first-order valence-corrected chi connectivity index (χ1v) is 19.0. The summed E-state index contributed by atoms with van der Waals surface area (Å²) in [6.45, 7) is 0.278. The topological polar surface area (TPSA) is 236 Å². The van der Waals surface area contributed by atoms with E-state index in [1.807, 2.05) is 0 Å². The molecule has 2 aromatic heterocycles. The van der Waals surface area contributed by atoms with E-state index >= 15 is 0 Å². The minimum Gasteiger partial charge on any atom is -0.457 e. The van der Waals surface area contributed by atoms with Gasteiger partial charge in [0.25, 0.3) is 17.7 Å². The third-order valence-electron chi connectivity index (χ3n) is 9.39. The molecular formula is C40H32ClF3N10O8. The van der Waals surface area contributed by atoms with Gasteiger partial charge in [0.15, 0.2) is 0 Å². The summed E-state index contributed by atoms with van der Waals surface area (Å²) in [5, 5.41) is 19.9. The first-order chi connectivity index (χ1) is 29.6. The highest BCUT2D eigenvalue weighted by molar-refractivity contribution is 6.31. The second-order valence-corrected chi connectivity index (χ2v) is 14.2. The molecule has 1 unspecified atom stereocenters. The number of amides is 8. The highest BCUT2D eigenvalue weighted by Gasteiger charge is 2.45. The predicted octanol–water partition coefficient (Wildman–Crippen LogP) is 5.53. The van der Waals surface area contributed by atoms with Gasteiger partial charge in [0.05, 0.1) is 40.1 Å². The van der Waals surface area contributed by atoms with Crippen molar-refractivity contribution >= 4 is 70.1 Å². The van der Waals surface area contributed by atoms with E-state index in [9.17, 15) is 46.7 Å². The molecule has 8 amide bonds. The molecule has 1 fully saturated rings. The Kier molecular flexibility index (Phi) is 12.2. The molecule has 0 saturated carbocycles. The third-order valence-corrected chi connectivity index (χ3v) is 9.72. The van der Waals surface area contributed by atoms with Crippen LogP contribution < -0.4 is 31.3 Å². The molecule has 2 aliphatic heterocycles. The van der Waals surface area contributed by atoms with Gasteiger partial charge in [0.1, 0.15) is 28.9 Å². The maximum Gasteiger partial charge on any atom is 0.417 e. The number of rotatable bonds is 13. The second-order valence-electron chi connectivity index (χ2n) is 13.8. The van der Waals surface area contributed by atoms with Gasteiger partial charge in [-0.05, 0) is 73.5 Å². The summed E-state index contributed by atoms with van der Waals surface area (Å²) in [6, 6.07) is 14.4. The molecule has 62 heavy (non-hydrogen) atoms. The lowest BCUT2D eigenvalue weighted by atomic mass is 10.0. The Balaban J connectivity index is 0.849. The van der Waals surface area contributed by atoms with Crippen LogP contribution >= 0.6 is 11.6 Å². The van der Waals surface area contributed by atoms with E-state index < -0.39 is 64.3 Å². The largest absolute Gasteiger partial charge is 0.457 e. The maximum absolute atomic E-state index is 13.3. The van der Waals surface area contributed by atoms with Crippen molar-refractivity contribution in [1.82, 2.24) is 35.5 Å². The Morgan fingerprint density at radius 3 is 2.42 bits per heavy atom. The number of pyridine rings is 1. The number of piperidine rings is 1. The molecule has 2 aliphatic rings. The molecule has 4 heterocycles. The number of aryl methyl sites for hydroxylation is 1. The number of carbonyl (C=O) groups excluding carboxylic acids is 7. The molecule has 18 nitrogen and oxygen atoms in total. The van der Waals surface area contributed by atoms with Crippen molar-refractivity contribution in [2.24, 2.45) is 0 Å². The number of hydrogen-bond acceptors (Lipinski definition) is 11. The number of imide groups is 2. The average molecular weight is 873 g/mol. The lowest BCUT2D eigenvalue weighted by molar-refractivity contribution is -0.138. The van der Waals surface area contributed by atoms with Crippen LogP contribution in [0, 0.1) is 0 Å². The van der Waals surface area contributed by atoms with Crippen molar-refractivity contribution in [3.8, 4) is 11.5 Å². The van der Waals surface area contributed by atoms with Crippen molar-refractivity contribution < 1.29 is 51.5 Å². The zero-order valence-electron chi connectivity index (χ0n) is 31.9. The lowest BCUT2D eigenvalue weighted by Gasteiger charge is -2.27. The van der Waals surface area contributed by atoms with Gasteiger partial charge < -0.3 is 26.0 Å². The first kappa shape index (κ1) is 42.4. The zero-order valence-corrected chi connectivity index (χ0v) is 32.7. The predicted molar refractivity (Wildman–Crippen MR) is 212 cm³/mol. The fraction of sp³-hybridized carbons (Fsp3) is 0.200. The van der Waals surface area contributed by atoms with Gasteiger partial charge in [-0.15, -0.1) is 5.10 Å². The lowest BCUT2D eigenvalue weighted by Crippen LogP contribution is -2.54. The Bertz CT molecular complexity index is 2620. The molecule has 7 rings (SSSR count). The molecule has 5 N–H and O–H groups in total. The van der Waals surface area contributed by atoms with Crippen LogP contribution in [0.3, 0.4) is 0 Å². The number of ether oxygens (including phenoxy) is 1.